The van der Waals surface area contributed by atoms with Gasteiger partial charge in [0, 0.05) is 11.8 Å². The van der Waals surface area contributed by atoms with Crippen LogP contribution in [0.15, 0.2) is 29.4 Å². The van der Waals surface area contributed by atoms with E-state index in [0.29, 0.717) is 6.21 Å². The molecule has 0 saturated heterocycles. The van der Waals surface area contributed by atoms with E-state index >= 15 is 0 Å². The van der Waals surface area contributed by atoms with E-state index in [0.717, 1.165) is 6.07 Å². The first-order valence-corrected chi connectivity index (χ1v) is 3.37. The van der Waals surface area contributed by atoms with Crippen molar-refractivity contribution in [3.05, 3.63) is 40.6 Å². The summed E-state index contributed by atoms with van der Waals surface area (Å²) in [5, 5.41) is 12.1. The minimum atomic E-state index is -4.45. The van der Waals surface area contributed by atoms with Gasteiger partial charge < -0.3 is 10.4 Å². The molecule has 0 saturated carbocycles. The molecule has 13 heavy (non-hydrogen) atoms. The van der Waals surface area contributed by atoms with Crippen molar-refractivity contribution in [2.75, 3.05) is 0 Å². The van der Waals surface area contributed by atoms with Gasteiger partial charge in [0.1, 0.15) is 0 Å². The normalized spacial score (nSPS) is 12.2. The van der Waals surface area contributed by atoms with Crippen molar-refractivity contribution >= 4 is 6.21 Å². The Morgan fingerprint density at radius 1 is 1.23 bits per heavy atom. The summed E-state index contributed by atoms with van der Waals surface area (Å²) in [5.41, 5.74) is -1.07. The molecule has 0 aliphatic carbocycles. The lowest BCUT2D eigenvalue weighted by Crippen LogP contribution is -2.08. The van der Waals surface area contributed by atoms with Crippen molar-refractivity contribution in [1.29, 1.82) is 0 Å². The molecule has 0 spiro atoms. The Kier molecular flexibility index (Phi) is 2.55. The van der Waals surface area contributed by atoms with E-state index in [4.69, 9.17) is 0 Å². The van der Waals surface area contributed by atoms with E-state index in [-0.39, 0.29) is 5.56 Å². The average molecular weight is 188 g/mol. The minimum absolute atomic E-state index is 0.218. The first-order chi connectivity index (χ1) is 6.05. The lowest BCUT2D eigenvalue weighted by atomic mass is 10.1. The molecule has 70 valence electrons. The van der Waals surface area contributed by atoms with Crippen LogP contribution in [0, 0.1) is 5.21 Å². The molecule has 0 atom stereocenters. The molecule has 0 fully saturated rings. The maximum Gasteiger partial charge on any atom is 0.417 e. The van der Waals surface area contributed by atoms with Gasteiger partial charge in [0.05, 0.1) is 5.56 Å². The fourth-order valence-electron chi connectivity index (χ4n) is 0.925. The third kappa shape index (κ3) is 2.21. The van der Waals surface area contributed by atoms with Crippen molar-refractivity contribution in [2.24, 2.45) is 5.16 Å². The molecule has 0 aliphatic rings. The predicted octanol–water partition coefficient (Wildman–Crippen LogP) is 2.62. The summed E-state index contributed by atoms with van der Waals surface area (Å²) >= 11 is 0. The zero-order chi connectivity index (χ0) is 9.90. The maximum absolute atomic E-state index is 12.2. The van der Waals surface area contributed by atoms with E-state index in [2.05, 4.69) is 5.16 Å². The predicted molar refractivity (Wildman–Crippen MR) is 42.4 cm³/mol. The van der Waals surface area contributed by atoms with Crippen molar-refractivity contribution in [3.63, 3.8) is 0 Å². The summed E-state index contributed by atoms with van der Waals surface area (Å²) in [6, 6.07) is 4.75. The van der Waals surface area contributed by atoms with Crippen molar-refractivity contribution < 1.29 is 13.2 Å². The lowest BCUT2D eigenvalue weighted by Gasteiger charge is -2.09. The van der Waals surface area contributed by atoms with E-state index in [1.165, 1.54) is 18.2 Å². The molecule has 0 heterocycles. The molecule has 1 aromatic rings. The zero-order valence-corrected chi connectivity index (χ0v) is 6.38. The van der Waals surface area contributed by atoms with Gasteiger partial charge in [-0.1, -0.05) is 18.2 Å². The zero-order valence-electron chi connectivity index (χ0n) is 6.38. The molecule has 0 N–H and O–H groups in total. The van der Waals surface area contributed by atoms with Gasteiger partial charge in [-0.3, -0.25) is 0 Å². The number of halogens is 3. The number of nitrogens with zero attached hydrogens (tertiary/aromatic N) is 1. The average Bonchev–Trinajstić information content (AvgIpc) is 2.04. The Bertz CT molecular complexity index is 319. The van der Waals surface area contributed by atoms with Crippen LogP contribution in [-0.4, -0.2) is 6.21 Å². The molecule has 0 amide bonds. The number of benzene rings is 1. The Labute approximate surface area is 72.3 Å². The summed E-state index contributed by atoms with van der Waals surface area (Å²) < 4.78 is 36.6. The molecular weight excluding hydrogens is 183 g/mol. The third-order valence-corrected chi connectivity index (χ3v) is 1.46. The number of hydrogen-bond donors (Lipinski definition) is 0. The smallest absolute Gasteiger partial charge is 0.417 e. The van der Waals surface area contributed by atoms with E-state index in [1.54, 1.807) is 0 Å². The van der Waals surface area contributed by atoms with Gasteiger partial charge in [-0.05, 0) is 6.07 Å². The second-order valence-electron chi connectivity index (χ2n) is 2.32. The molecule has 1 rings (SSSR count). The fourth-order valence-corrected chi connectivity index (χ4v) is 0.925. The summed E-state index contributed by atoms with van der Waals surface area (Å²) in [5.74, 6) is 0. The molecule has 5 heteroatoms. The highest BCUT2D eigenvalue weighted by atomic mass is 19.4. The second kappa shape index (κ2) is 3.47. The van der Waals surface area contributed by atoms with Gasteiger partial charge in [0.2, 0.25) is 0 Å². The van der Waals surface area contributed by atoms with Crippen LogP contribution in [0.25, 0.3) is 0 Å². The third-order valence-electron chi connectivity index (χ3n) is 1.46. The molecular formula is C8H5F3NO-. The van der Waals surface area contributed by atoms with Crippen LogP contribution in [0.1, 0.15) is 11.1 Å². The highest BCUT2D eigenvalue weighted by Crippen LogP contribution is 2.30. The summed E-state index contributed by atoms with van der Waals surface area (Å²) in [6.07, 6.45) is -3.80. The molecule has 1 aromatic carbocycles. The first-order valence-electron chi connectivity index (χ1n) is 3.37. The van der Waals surface area contributed by atoms with Crippen LogP contribution in [0.5, 0.6) is 0 Å². The molecule has 0 aromatic heterocycles. The van der Waals surface area contributed by atoms with Gasteiger partial charge >= 0.3 is 6.18 Å². The van der Waals surface area contributed by atoms with Gasteiger partial charge in [-0.15, -0.1) is 0 Å². The fraction of sp³-hybridized carbons (Fsp3) is 0.125. The van der Waals surface area contributed by atoms with Crippen molar-refractivity contribution in [1.82, 2.24) is 0 Å². The Hall–Kier alpha value is -1.52. The Balaban J connectivity index is 3.20. The monoisotopic (exact) mass is 188 g/mol. The lowest BCUT2D eigenvalue weighted by molar-refractivity contribution is -0.137. The summed E-state index contributed by atoms with van der Waals surface area (Å²) in [7, 11) is 0. The second-order valence-corrected chi connectivity index (χ2v) is 2.32. The molecule has 0 aliphatic heterocycles. The maximum atomic E-state index is 12.2. The largest absolute Gasteiger partial charge is 0.792 e. The summed E-state index contributed by atoms with van der Waals surface area (Å²) in [6.45, 7) is 0. The van der Waals surface area contributed by atoms with Crippen molar-refractivity contribution in [3.8, 4) is 0 Å². The van der Waals surface area contributed by atoms with Crippen molar-refractivity contribution in [2.45, 2.75) is 6.18 Å². The Morgan fingerprint density at radius 3 is 2.38 bits per heavy atom. The molecule has 2 nitrogen and oxygen atoms in total. The van der Waals surface area contributed by atoms with E-state index < -0.39 is 11.7 Å². The highest BCUT2D eigenvalue weighted by Gasteiger charge is 2.32. The SMILES string of the molecule is [O-]/N=C\c1ccccc1C(F)(F)F. The summed E-state index contributed by atoms with van der Waals surface area (Å²) in [4.78, 5) is 0. The van der Waals surface area contributed by atoms with E-state index in [9.17, 15) is 18.4 Å². The minimum Gasteiger partial charge on any atom is -0.792 e. The van der Waals surface area contributed by atoms with Gasteiger partial charge in [-0.25, -0.2) is 0 Å². The van der Waals surface area contributed by atoms with E-state index in [1.807, 2.05) is 0 Å². The van der Waals surface area contributed by atoms with Crippen LogP contribution in [0.3, 0.4) is 0 Å². The quantitative estimate of drug-likeness (QED) is 0.492. The van der Waals surface area contributed by atoms with Crippen LogP contribution < -0.4 is 0 Å². The number of rotatable bonds is 1. The number of hydrogen-bond acceptors (Lipinski definition) is 2. The standard InChI is InChI=1S/C8H6F3NO/c9-8(10,11)7-4-2-1-3-6(7)5-12-13/h1-5,13H/p-1/b12-5-. The van der Waals surface area contributed by atoms with Crippen LogP contribution in [0.4, 0.5) is 13.2 Å². The molecule has 0 unspecified atom stereocenters. The van der Waals surface area contributed by atoms with Gasteiger partial charge in [0.15, 0.2) is 0 Å². The highest BCUT2D eigenvalue weighted by molar-refractivity contribution is 5.82. The molecule has 0 radical (unpaired) electrons. The number of alkyl halides is 3. The van der Waals surface area contributed by atoms with Crippen LogP contribution in [-0.2, 0) is 6.18 Å². The van der Waals surface area contributed by atoms with Gasteiger partial charge in [0.25, 0.3) is 0 Å². The van der Waals surface area contributed by atoms with Crippen LogP contribution in [0.2, 0.25) is 0 Å². The molecule has 0 bridgehead atoms. The topological polar surface area (TPSA) is 35.4 Å². The van der Waals surface area contributed by atoms with Gasteiger partial charge in [-0.2, -0.15) is 13.2 Å². The Morgan fingerprint density at radius 2 is 1.85 bits per heavy atom. The van der Waals surface area contributed by atoms with Crippen LogP contribution >= 0.6 is 0 Å². The first kappa shape index (κ1) is 9.57.